The van der Waals surface area contributed by atoms with Crippen LogP contribution < -0.4 is 5.32 Å². The van der Waals surface area contributed by atoms with Gasteiger partial charge in [-0.05, 0) is 26.8 Å². The highest BCUT2D eigenvalue weighted by molar-refractivity contribution is 5.27. The van der Waals surface area contributed by atoms with Gasteiger partial charge in [-0.1, -0.05) is 12.1 Å². The number of hydrogen-bond acceptors (Lipinski definition) is 4. The Hall–Kier alpha value is -0.870. The Morgan fingerprint density at radius 1 is 1.44 bits per heavy atom. The highest BCUT2D eigenvalue weighted by Gasteiger charge is 2.29. The smallest absolute Gasteiger partial charge is 0.145 e. The fourth-order valence-corrected chi connectivity index (χ4v) is 2.21. The summed E-state index contributed by atoms with van der Waals surface area (Å²) in [6, 6.07) is 0. The topological polar surface area (TPSA) is 47.3 Å². The van der Waals surface area contributed by atoms with Crippen molar-refractivity contribution in [3.63, 3.8) is 0 Å². The second-order valence-corrected chi connectivity index (χ2v) is 4.44. The van der Waals surface area contributed by atoms with Crippen LogP contribution in [0.25, 0.3) is 0 Å². The Labute approximate surface area is 96.3 Å². The highest BCUT2D eigenvalue weighted by Crippen LogP contribution is 2.32. The third-order valence-corrected chi connectivity index (χ3v) is 2.91. The first-order valence-electron chi connectivity index (χ1n) is 6.05. The summed E-state index contributed by atoms with van der Waals surface area (Å²) < 4.78 is 11.2. The molecule has 0 aromatic carbocycles. The van der Waals surface area contributed by atoms with Crippen molar-refractivity contribution in [1.82, 2.24) is 10.5 Å². The standard InChI is InChI=1S/C12H20N2O2/c1-4-5-13-7-10-12-9(3)15-8(2)6-11(12)16-14-10/h8-9,13H,4-7H2,1-3H3. The lowest BCUT2D eigenvalue weighted by Crippen LogP contribution is -2.23. The van der Waals surface area contributed by atoms with Crippen molar-refractivity contribution in [1.29, 1.82) is 0 Å². The van der Waals surface area contributed by atoms with E-state index in [9.17, 15) is 0 Å². The molecule has 0 bridgehead atoms. The summed E-state index contributed by atoms with van der Waals surface area (Å²) in [4.78, 5) is 0. The quantitative estimate of drug-likeness (QED) is 0.796. The van der Waals surface area contributed by atoms with Crippen molar-refractivity contribution in [2.24, 2.45) is 0 Å². The predicted octanol–water partition coefficient (Wildman–Crippen LogP) is 2.20. The molecular weight excluding hydrogens is 204 g/mol. The minimum Gasteiger partial charge on any atom is -0.370 e. The van der Waals surface area contributed by atoms with E-state index in [2.05, 4.69) is 31.2 Å². The second-order valence-electron chi connectivity index (χ2n) is 4.44. The molecule has 2 rings (SSSR count). The summed E-state index contributed by atoms with van der Waals surface area (Å²) >= 11 is 0. The maximum atomic E-state index is 5.79. The van der Waals surface area contributed by atoms with Gasteiger partial charge in [-0.15, -0.1) is 0 Å². The maximum absolute atomic E-state index is 5.79. The number of nitrogens with zero attached hydrogens (tertiary/aromatic N) is 1. The number of fused-ring (bicyclic) bond motifs is 1. The van der Waals surface area contributed by atoms with Crippen LogP contribution in [0.3, 0.4) is 0 Å². The van der Waals surface area contributed by atoms with E-state index < -0.39 is 0 Å². The van der Waals surface area contributed by atoms with E-state index in [-0.39, 0.29) is 12.2 Å². The molecule has 2 unspecified atom stereocenters. The van der Waals surface area contributed by atoms with Gasteiger partial charge in [0.2, 0.25) is 0 Å². The van der Waals surface area contributed by atoms with E-state index in [0.29, 0.717) is 0 Å². The Morgan fingerprint density at radius 3 is 3.00 bits per heavy atom. The molecule has 1 aromatic heterocycles. The minimum absolute atomic E-state index is 0.100. The van der Waals surface area contributed by atoms with Crippen molar-refractivity contribution < 1.29 is 9.26 Å². The zero-order valence-electron chi connectivity index (χ0n) is 10.2. The largest absolute Gasteiger partial charge is 0.370 e. The molecule has 0 aliphatic carbocycles. The number of hydrogen-bond donors (Lipinski definition) is 1. The molecule has 16 heavy (non-hydrogen) atoms. The predicted molar refractivity (Wildman–Crippen MR) is 61.2 cm³/mol. The van der Waals surface area contributed by atoms with Gasteiger partial charge in [-0.3, -0.25) is 0 Å². The van der Waals surface area contributed by atoms with E-state index in [0.717, 1.165) is 42.9 Å². The zero-order valence-corrected chi connectivity index (χ0v) is 10.2. The average molecular weight is 224 g/mol. The molecular formula is C12H20N2O2. The van der Waals surface area contributed by atoms with E-state index in [1.165, 1.54) is 0 Å². The molecule has 1 aliphatic heterocycles. The van der Waals surface area contributed by atoms with Crippen LogP contribution in [0.2, 0.25) is 0 Å². The average Bonchev–Trinajstić information content (AvgIpc) is 2.62. The van der Waals surface area contributed by atoms with Crippen molar-refractivity contribution in [2.45, 2.75) is 52.4 Å². The summed E-state index contributed by atoms with van der Waals surface area (Å²) in [6.45, 7) is 8.06. The third-order valence-electron chi connectivity index (χ3n) is 2.91. The number of ether oxygens (including phenoxy) is 1. The van der Waals surface area contributed by atoms with Crippen LogP contribution in [0.1, 0.15) is 50.3 Å². The van der Waals surface area contributed by atoms with Gasteiger partial charge in [-0.25, -0.2) is 0 Å². The Morgan fingerprint density at radius 2 is 2.25 bits per heavy atom. The van der Waals surface area contributed by atoms with Gasteiger partial charge < -0.3 is 14.6 Å². The van der Waals surface area contributed by atoms with Crippen molar-refractivity contribution in [3.8, 4) is 0 Å². The van der Waals surface area contributed by atoms with Gasteiger partial charge in [-0.2, -0.15) is 0 Å². The minimum atomic E-state index is 0.100. The van der Waals surface area contributed by atoms with E-state index in [1.54, 1.807) is 0 Å². The summed E-state index contributed by atoms with van der Waals surface area (Å²) in [6.07, 6.45) is 2.29. The number of rotatable bonds is 4. The molecule has 0 radical (unpaired) electrons. The SMILES string of the molecule is CCCNCc1noc2c1C(C)OC(C)C2. The van der Waals surface area contributed by atoms with Crippen LogP contribution in [-0.4, -0.2) is 17.8 Å². The Bertz CT molecular complexity index is 349. The highest BCUT2D eigenvalue weighted by atomic mass is 16.5. The number of aromatic nitrogens is 1. The molecule has 90 valence electrons. The molecule has 4 heteroatoms. The maximum Gasteiger partial charge on any atom is 0.145 e. The molecule has 2 heterocycles. The van der Waals surface area contributed by atoms with Gasteiger partial charge >= 0.3 is 0 Å². The van der Waals surface area contributed by atoms with E-state index in [1.807, 2.05) is 0 Å². The molecule has 1 aromatic rings. The molecule has 0 spiro atoms. The van der Waals surface area contributed by atoms with E-state index in [4.69, 9.17) is 9.26 Å². The summed E-state index contributed by atoms with van der Waals surface area (Å²) in [7, 11) is 0. The molecule has 0 saturated heterocycles. The van der Waals surface area contributed by atoms with Crippen LogP contribution in [0.5, 0.6) is 0 Å². The lowest BCUT2D eigenvalue weighted by molar-refractivity contribution is -0.0102. The second kappa shape index (κ2) is 4.97. The van der Waals surface area contributed by atoms with E-state index >= 15 is 0 Å². The normalized spacial score (nSPS) is 24.4. The molecule has 0 amide bonds. The first-order valence-corrected chi connectivity index (χ1v) is 6.05. The van der Waals surface area contributed by atoms with Gasteiger partial charge in [0.15, 0.2) is 0 Å². The van der Waals surface area contributed by atoms with Gasteiger partial charge in [0.25, 0.3) is 0 Å². The van der Waals surface area contributed by atoms with Crippen LogP contribution in [-0.2, 0) is 17.7 Å². The van der Waals surface area contributed by atoms with Crippen LogP contribution in [0.4, 0.5) is 0 Å². The molecule has 1 N–H and O–H groups in total. The molecule has 2 atom stereocenters. The first-order chi connectivity index (χ1) is 7.72. The fourth-order valence-electron chi connectivity index (χ4n) is 2.21. The first kappa shape index (κ1) is 11.6. The van der Waals surface area contributed by atoms with Crippen molar-refractivity contribution >= 4 is 0 Å². The summed E-state index contributed by atoms with van der Waals surface area (Å²) in [5, 5.41) is 7.48. The summed E-state index contributed by atoms with van der Waals surface area (Å²) in [5.74, 6) is 1.000. The lowest BCUT2D eigenvalue weighted by Gasteiger charge is -2.24. The molecule has 1 aliphatic rings. The monoisotopic (exact) mass is 224 g/mol. The fraction of sp³-hybridized carbons (Fsp3) is 0.750. The number of nitrogens with one attached hydrogen (secondary N) is 1. The van der Waals surface area contributed by atoms with Gasteiger partial charge in [0, 0.05) is 18.5 Å². The summed E-state index contributed by atoms with van der Waals surface area (Å²) in [5.41, 5.74) is 2.16. The Kier molecular flexibility index (Phi) is 3.61. The molecule has 0 fully saturated rings. The zero-order chi connectivity index (χ0) is 11.5. The van der Waals surface area contributed by atoms with Crippen LogP contribution in [0.15, 0.2) is 4.52 Å². The lowest BCUT2D eigenvalue weighted by atomic mass is 10.0. The van der Waals surface area contributed by atoms with Crippen molar-refractivity contribution in [2.75, 3.05) is 6.54 Å². The van der Waals surface area contributed by atoms with Crippen LogP contribution in [0, 0.1) is 0 Å². The van der Waals surface area contributed by atoms with Crippen LogP contribution >= 0.6 is 0 Å². The van der Waals surface area contributed by atoms with Crippen molar-refractivity contribution in [3.05, 3.63) is 17.0 Å². The molecule has 0 saturated carbocycles. The van der Waals surface area contributed by atoms with Gasteiger partial charge in [0.05, 0.1) is 12.2 Å². The Balaban J connectivity index is 2.10. The third kappa shape index (κ3) is 2.28. The van der Waals surface area contributed by atoms with Gasteiger partial charge in [0.1, 0.15) is 11.5 Å². The molecule has 4 nitrogen and oxygen atoms in total.